The van der Waals surface area contributed by atoms with Gasteiger partial charge in [0.25, 0.3) is 0 Å². The summed E-state index contributed by atoms with van der Waals surface area (Å²) < 4.78 is 0. The largest absolute Gasteiger partial charge is 0.502 e. The third-order valence-corrected chi connectivity index (χ3v) is 2.08. The zero-order valence-electron chi connectivity index (χ0n) is 9.33. The highest BCUT2D eigenvalue weighted by Gasteiger charge is 2.14. The summed E-state index contributed by atoms with van der Waals surface area (Å²) in [6, 6.07) is 9.90. The standard InChI is InChI=1S/C10H7NO3.C2H6O/c12-10-8-4-2-1-3-7(8)5-6-9(10)11(13)14;1-2-3/h1-6,12H;3H,2H2,1H3. The maximum Gasteiger partial charge on any atom is 0.311 e. The predicted molar refractivity (Wildman–Crippen MR) is 65.0 cm³/mol. The van der Waals surface area contributed by atoms with Gasteiger partial charge < -0.3 is 10.2 Å². The number of nitro groups is 1. The van der Waals surface area contributed by atoms with Gasteiger partial charge in [-0.1, -0.05) is 24.3 Å². The Morgan fingerprint density at radius 3 is 2.41 bits per heavy atom. The van der Waals surface area contributed by atoms with Gasteiger partial charge in [-0.05, 0) is 18.4 Å². The van der Waals surface area contributed by atoms with E-state index in [1.165, 1.54) is 6.07 Å². The second kappa shape index (κ2) is 5.81. The molecule has 0 amide bonds. The average Bonchev–Trinajstić information content (AvgIpc) is 2.30. The van der Waals surface area contributed by atoms with Crippen molar-refractivity contribution in [2.75, 3.05) is 6.61 Å². The molecule has 0 spiro atoms. The molecule has 2 rings (SSSR count). The van der Waals surface area contributed by atoms with Gasteiger partial charge >= 0.3 is 5.69 Å². The summed E-state index contributed by atoms with van der Waals surface area (Å²) >= 11 is 0. The van der Waals surface area contributed by atoms with E-state index in [9.17, 15) is 15.2 Å². The van der Waals surface area contributed by atoms with Crippen LogP contribution in [0, 0.1) is 10.1 Å². The number of phenolic OH excluding ortho intramolecular Hbond substituents is 1. The van der Waals surface area contributed by atoms with E-state index >= 15 is 0 Å². The fourth-order valence-electron chi connectivity index (χ4n) is 1.39. The molecule has 0 radical (unpaired) electrons. The molecule has 0 unspecified atom stereocenters. The van der Waals surface area contributed by atoms with Crippen molar-refractivity contribution in [1.29, 1.82) is 0 Å². The molecule has 5 nitrogen and oxygen atoms in total. The first-order chi connectivity index (χ1) is 8.11. The molecule has 90 valence electrons. The number of nitro benzene ring substituents is 1. The summed E-state index contributed by atoms with van der Waals surface area (Å²) in [6.07, 6.45) is 0. The van der Waals surface area contributed by atoms with Gasteiger partial charge in [0.15, 0.2) is 0 Å². The quantitative estimate of drug-likeness (QED) is 0.587. The third kappa shape index (κ3) is 2.92. The number of nitrogens with zero attached hydrogens (tertiary/aromatic N) is 1. The molecule has 0 saturated carbocycles. The molecule has 0 fully saturated rings. The molecule has 2 aromatic rings. The minimum atomic E-state index is -0.595. The molecule has 2 aromatic carbocycles. The molecule has 5 heteroatoms. The molecular formula is C12H13NO4. The normalized spacial score (nSPS) is 9.53. The Kier molecular flexibility index (Phi) is 4.42. The lowest BCUT2D eigenvalue weighted by Crippen LogP contribution is -1.88. The van der Waals surface area contributed by atoms with Gasteiger partial charge in [-0.25, -0.2) is 0 Å². The minimum Gasteiger partial charge on any atom is -0.502 e. The number of fused-ring (bicyclic) bond motifs is 1. The Morgan fingerprint density at radius 2 is 1.82 bits per heavy atom. The van der Waals surface area contributed by atoms with Crippen LogP contribution >= 0.6 is 0 Å². The van der Waals surface area contributed by atoms with Crippen molar-refractivity contribution < 1.29 is 15.1 Å². The Balaban J connectivity index is 0.000000437. The first-order valence-corrected chi connectivity index (χ1v) is 5.07. The molecule has 0 aromatic heterocycles. The maximum atomic E-state index is 10.5. The third-order valence-electron chi connectivity index (χ3n) is 2.08. The fraction of sp³-hybridized carbons (Fsp3) is 0.167. The molecule has 0 aliphatic carbocycles. The summed E-state index contributed by atoms with van der Waals surface area (Å²) in [7, 11) is 0. The molecule has 0 aliphatic heterocycles. The number of rotatable bonds is 1. The van der Waals surface area contributed by atoms with Gasteiger partial charge in [-0.3, -0.25) is 10.1 Å². The first kappa shape index (κ1) is 12.9. The van der Waals surface area contributed by atoms with Crippen molar-refractivity contribution in [3.8, 4) is 5.75 Å². The highest BCUT2D eigenvalue weighted by atomic mass is 16.6. The Hall–Kier alpha value is -2.14. The van der Waals surface area contributed by atoms with Crippen molar-refractivity contribution in [1.82, 2.24) is 0 Å². The molecule has 0 aliphatic rings. The molecule has 0 saturated heterocycles. The fourth-order valence-corrected chi connectivity index (χ4v) is 1.39. The number of hydrogen-bond donors (Lipinski definition) is 2. The van der Waals surface area contributed by atoms with Gasteiger partial charge in [0, 0.05) is 18.1 Å². The highest BCUT2D eigenvalue weighted by molar-refractivity contribution is 5.91. The van der Waals surface area contributed by atoms with E-state index in [-0.39, 0.29) is 18.0 Å². The van der Waals surface area contributed by atoms with Crippen molar-refractivity contribution in [2.45, 2.75) is 6.92 Å². The SMILES string of the molecule is CCO.O=[N+]([O-])c1ccc2ccccc2c1O. The molecular weight excluding hydrogens is 222 g/mol. The van der Waals surface area contributed by atoms with E-state index in [1.54, 1.807) is 31.2 Å². The van der Waals surface area contributed by atoms with Crippen LogP contribution in [0.15, 0.2) is 36.4 Å². The minimum absolute atomic E-state index is 0.250. The van der Waals surface area contributed by atoms with E-state index in [2.05, 4.69) is 0 Å². The van der Waals surface area contributed by atoms with Gasteiger partial charge in [-0.2, -0.15) is 0 Å². The van der Waals surface area contributed by atoms with Gasteiger partial charge in [0.05, 0.1) is 4.92 Å². The summed E-state index contributed by atoms with van der Waals surface area (Å²) in [4.78, 5) is 9.92. The average molecular weight is 235 g/mol. The molecule has 0 heterocycles. The predicted octanol–water partition coefficient (Wildman–Crippen LogP) is 2.45. The van der Waals surface area contributed by atoms with Crippen molar-refractivity contribution in [2.24, 2.45) is 0 Å². The van der Waals surface area contributed by atoms with Crippen molar-refractivity contribution in [3.05, 3.63) is 46.5 Å². The number of aliphatic hydroxyl groups is 1. The molecule has 2 N–H and O–H groups in total. The van der Waals surface area contributed by atoms with E-state index in [4.69, 9.17) is 5.11 Å². The van der Waals surface area contributed by atoms with Crippen LogP contribution < -0.4 is 0 Å². The van der Waals surface area contributed by atoms with Crippen molar-refractivity contribution in [3.63, 3.8) is 0 Å². The molecule has 17 heavy (non-hydrogen) atoms. The summed E-state index contributed by atoms with van der Waals surface area (Å²) in [5.41, 5.74) is -0.260. The number of phenols is 1. The lowest BCUT2D eigenvalue weighted by molar-refractivity contribution is -0.385. The van der Waals surface area contributed by atoms with Crippen LogP contribution in [0.5, 0.6) is 5.75 Å². The summed E-state index contributed by atoms with van der Waals surface area (Å²) in [5.74, 6) is -0.270. The van der Waals surface area contributed by atoms with E-state index in [0.717, 1.165) is 5.39 Å². The second-order valence-electron chi connectivity index (χ2n) is 3.23. The highest BCUT2D eigenvalue weighted by Crippen LogP contribution is 2.33. The smallest absolute Gasteiger partial charge is 0.311 e. The number of aromatic hydroxyl groups is 1. The zero-order chi connectivity index (χ0) is 12.8. The number of aliphatic hydroxyl groups excluding tert-OH is 1. The summed E-state index contributed by atoms with van der Waals surface area (Å²) in [6.45, 7) is 1.93. The lowest BCUT2D eigenvalue weighted by Gasteiger charge is -2.00. The number of benzene rings is 2. The Labute approximate surface area is 98.1 Å². The maximum absolute atomic E-state index is 10.5. The topological polar surface area (TPSA) is 83.6 Å². The van der Waals surface area contributed by atoms with Gasteiger partial charge in [0.1, 0.15) is 0 Å². The van der Waals surface area contributed by atoms with Gasteiger partial charge in [0.2, 0.25) is 5.75 Å². The van der Waals surface area contributed by atoms with E-state index < -0.39 is 4.92 Å². The first-order valence-electron chi connectivity index (χ1n) is 5.07. The van der Waals surface area contributed by atoms with E-state index in [1.807, 2.05) is 6.07 Å². The zero-order valence-corrected chi connectivity index (χ0v) is 9.33. The van der Waals surface area contributed by atoms with Crippen LogP contribution in [-0.4, -0.2) is 21.7 Å². The van der Waals surface area contributed by atoms with Crippen LogP contribution in [0.3, 0.4) is 0 Å². The van der Waals surface area contributed by atoms with Crippen LogP contribution in [0.2, 0.25) is 0 Å². The lowest BCUT2D eigenvalue weighted by atomic mass is 10.1. The molecule has 0 bridgehead atoms. The van der Waals surface area contributed by atoms with Crippen molar-refractivity contribution >= 4 is 16.5 Å². The number of hydrogen-bond acceptors (Lipinski definition) is 4. The van der Waals surface area contributed by atoms with Crippen LogP contribution in [0.1, 0.15) is 6.92 Å². The monoisotopic (exact) mass is 235 g/mol. The summed E-state index contributed by atoms with van der Waals surface area (Å²) in [5, 5.41) is 28.9. The Morgan fingerprint density at radius 1 is 1.24 bits per heavy atom. The second-order valence-corrected chi connectivity index (χ2v) is 3.23. The molecule has 0 atom stereocenters. The van der Waals surface area contributed by atoms with Gasteiger partial charge in [-0.15, -0.1) is 0 Å². The van der Waals surface area contributed by atoms with E-state index in [0.29, 0.717) is 5.39 Å². The van der Waals surface area contributed by atoms with Crippen LogP contribution in [0.25, 0.3) is 10.8 Å². The van der Waals surface area contributed by atoms with Crippen LogP contribution in [0.4, 0.5) is 5.69 Å². The Bertz CT molecular complexity index is 525. The van der Waals surface area contributed by atoms with Crippen LogP contribution in [-0.2, 0) is 0 Å².